The van der Waals surface area contributed by atoms with Crippen LogP contribution in [0.25, 0.3) is 16.8 Å². The number of rotatable bonds is 3. The van der Waals surface area contributed by atoms with Gasteiger partial charge in [0.25, 0.3) is 5.88 Å². The molecule has 1 unspecified atom stereocenters. The molecule has 0 aliphatic rings. The summed E-state index contributed by atoms with van der Waals surface area (Å²) in [6.07, 6.45) is -2.45. The Kier molecular flexibility index (Phi) is 4.32. The summed E-state index contributed by atoms with van der Waals surface area (Å²) in [6.45, 7) is 0.784. The monoisotopic (exact) mass is 452 g/mol. The molecule has 0 aromatic carbocycles. The second kappa shape index (κ2) is 6.15. The van der Waals surface area contributed by atoms with E-state index in [2.05, 4.69) is 19.7 Å². The zero-order valence-electron chi connectivity index (χ0n) is 12.1. The summed E-state index contributed by atoms with van der Waals surface area (Å²) in [7, 11) is 0. The molecular formula is C14H9F4IN4O. The van der Waals surface area contributed by atoms with Crippen LogP contribution in [0.5, 0.6) is 5.88 Å². The highest BCUT2D eigenvalue weighted by Gasteiger charge is 2.38. The summed E-state index contributed by atoms with van der Waals surface area (Å²) in [4.78, 5) is 11.9. The fraction of sp³-hybridized carbons (Fsp3) is 0.214. The second-order valence-electron chi connectivity index (χ2n) is 4.91. The van der Waals surface area contributed by atoms with Crippen molar-refractivity contribution in [3.8, 4) is 17.1 Å². The molecule has 3 aromatic heterocycles. The van der Waals surface area contributed by atoms with E-state index in [4.69, 9.17) is 0 Å². The molecular weight excluding hydrogens is 443 g/mol. The molecule has 0 saturated heterocycles. The first kappa shape index (κ1) is 16.9. The highest BCUT2D eigenvalue weighted by Crippen LogP contribution is 2.28. The van der Waals surface area contributed by atoms with Gasteiger partial charge in [-0.15, -0.1) is 0 Å². The molecule has 10 heteroatoms. The van der Waals surface area contributed by atoms with E-state index in [9.17, 15) is 17.6 Å². The summed E-state index contributed by atoms with van der Waals surface area (Å²) in [5.41, 5.74) is 1.51. The maximum absolute atomic E-state index is 14.0. The highest BCUT2D eigenvalue weighted by molar-refractivity contribution is 14.1. The number of imidazole rings is 1. The molecule has 0 amide bonds. The number of hydrogen-bond acceptors (Lipinski definition) is 4. The van der Waals surface area contributed by atoms with Crippen LogP contribution in [-0.4, -0.2) is 31.6 Å². The van der Waals surface area contributed by atoms with E-state index in [0.717, 1.165) is 22.2 Å². The van der Waals surface area contributed by atoms with Gasteiger partial charge in [0, 0.05) is 11.8 Å². The predicted octanol–water partition coefficient (Wildman–Crippen LogP) is 3.86. The molecule has 0 aliphatic heterocycles. The van der Waals surface area contributed by atoms with Crippen molar-refractivity contribution in [2.75, 3.05) is 0 Å². The zero-order valence-corrected chi connectivity index (χ0v) is 14.2. The maximum Gasteiger partial charge on any atom is 0.425 e. The van der Waals surface area contributed by atoms with Crippen LogP contribution < -0.4 is 4.74 Å². The Hall–Kier alpha value is -1.98. The lowest BCUT2D eigenvalue weighted by atomic mass is 10.2. The smallest absolute Gasteiger partial charge is 0.425 e. The van der Waals surface area contributed by atoms with Crippen LogP contribution in [0.1, 0.15) is 6.92 Å². The molecule has 0 fully saturated rings. The van der Waals surface area contributed by atoms with Crippen LogP contribution in [0.4, 0.5) is 17.6 Å². The van der Waals surface area contributed by atoms with Gasteiger partial charge in [-0.3, -0.25) is 4.40 Å². The van der Waals surface area contributed by atoms with Crippen LogP contribution in [0.3, 0.4) is 0 Å². The number of alkyl halides is 3. The number of nitrogens with zero attached hydrogens (tertiary/aromatic N) is 4. The fourth-order valence-corrected chi connectivity index (χ4v) is 2.47. The normalized spacial score (nSPS) is 13.2. The number of ether oxygens (including phenoxy) is 1. The summed E-state index contributed by atoms with van der Waals surface area (Å²) in [5, 5.41) is 0. The van der Waals surface area contributed by atoms with E-state index in [1.807, 2.05) is 22.6 Å². The van der Waals surface area contributed by atoms with Crippen LogP contribution >= 0.6 is 22.6 Å². The van der Waals surface area contributed by atoms with Crippen LogP contribution in [0, 0.1) is 9.52 Å². The number of hydrogen-bond donors (Lipinski definition) is 0. The first-order valence-electron chi connectivity index (χ1n) is 6.63. The summed E-state index contributed by atoms with van der Waals surface area (Å²) in [5.74, 6) is -1.70. The summed E-state index contributed by atoms with van der Waals surface area (Å²) < 4.78 is 58.4. The van der Waals surface area contributed by atoms with Crippen LogP contribution in [0.15, 0.2) is 31.0 Å². The topological polar surface area (TPSA) is 52.3 Å². The van der Waals surface area contributed by atoms with Gasteiger partial charge in [0.1, 0.15) is 16.4 Å². The quantitative estimate of drug-likeness (QED) is 0.448. The first-order chi connectivity index (χ1) is 11.3. The Morgan fingerprint density at radius 2 is 1.88 bits per heavy atom. The van der Waals surface area contributed by atoms with Gasteiger partial charge >= 0.3 is 6.18 Å². The van der Waals surface area contributed by atoms with Gasteiger partial charge in [0.05, 0.1) is 11.2 Å². The van der Waals surface area contributed by atoms with E-state index in [0.29, 0.717) is 11.3 Å². The Morgan fingerprint density at radius 3 is 2.54 bits per heavy atom. The van der Waals surface area contributed by atoms with Crippen molar-refractivity contribution in [1.82, 2.24) is 19.4 Å². The number of pyridine rings is 1. The average molecular weight is 452 g/mol. The van der Waals surface area contributed by atoms with Crippen molar-refractivity contribution in [2.45, 2.75) is 19.2 Å². The number of aromatic nitrogens is 4. The van der Waals surface area contributed by atoms with Crippen molar-refractivity contribution >= 4 is 28.1 Å². The first-order valence-corrected chi connectivity index (χ1v) is 7.71. The van der Waals surface area contributed by atoms with Gasteiger partial charge in [0.15, 0.2) is 11.9 Å². The Labute approximate surface area is 146 Å². The molecule has 0 saturated carbocycles. The molecule has 24 heavy (non-hydrogen) atoms. The van der Waals surface area contributed by atoms with E-state index >= 15 is 0 Å². The molecule has 3 heterocycles. The van der Waals surface area contributed by atoms with E-state index in [1.54, 1.807) is 16.8 Å². The molecule has 0 radical (unpaired) electrons. The number of fused-ring (bicyclic) bond motifs is 1. The van der Waals surface area contributed by atoms with Crippen molar-refractivity contribution < 1.29 is 22.3 Å². The van der Waals surface area contributed by atoms with Crippen molar-refractivity contribution in [3.63, 3.8) is 0 Å². The molecule has 1 atom stereocenters. The molecule has 0 N–H and O–H groups in total. The molecule has 0 bridgehead atoms. The van der Waals surface area contributed by atoms with Crippen molar-refractivity contribution in [3.05, 3.63) is 40.5 Å². The lowest BCUT2D eigenvalue weighted by Crippen LogP contribution is -2.31. The molecule has 0 spiro atoms. The van der Waals surface area contributed by atoms with Gasteiger partial charge in [0.2, 0.25) is 0 Å². The largest absolute Gasteiger partial charge is 0.463 e. The van der Waals surface area contributed by atoms with Gasteiger partial charge in [-0.25, -0.2) is 19.3 Å². The molecule has 3 aromatic rings. The third-order valence-electron chi connectivity index (χ3n) is 3.23. The second-order valence-corrected chi connectivity index (χ2v) is 5.94. The SMILES string of the molecule is CC(Oc1ncc(-c2cc3c(I)ncn3cn2)cc1F)C(F)(F)F. The molecule has 5 nitrogen and oxygen atoms in total. The minimum absolute atomic E-state index is 0.319. The van der Waals surface area contributed by atoms with Gasteiger partial charge < -0.3 is 4.74 Å². The van der Waals surface area contributed by atoms with E-state index < -0.39 is 24.0 Å². The molecule has 3 rings (SSSR count). The van der Waals surface area contributed by atoms with Crippen molar-refractivity contribution in [1.29, 1.82) is 0 Å². The maximum atomic E-state index is 14.0. The minimum Gasteiger partial charge on any atom is -0.463 e. The lowest BCUT2D eigenvalue weighted by Gasteiger charge is -2.17. The van der Waals surface area contributed by atoms with Crippen LogP contribution in [0.2, 0.25) is 0 Å². The Morgan fingerprint density at radius 1 is 1.17 bits per heavy atom. The molecule has 0 aliphatic carbocycles. The van der Waals surface area contributed by atoms with E-state index in [1.165, 1.54) is 12.5 Å². The Balaban J connectivity index is 1.92. The van der Waals surface area contributed by atoms with Crippen molar-refractivity contribution in [2.24, 2.45) is 0 Å². The highest BCUT2D eigenvalue weighted by atomic mass is 127. The molecule has 126 valence electrons. The van der Waals surface area contributed by atoms with Crippen LogP contribution in [-0.2, 0) is 0 Å². The lowest BCUT2D eigenvalue weighted by molar-refractivity contribution is -0.190. The van der Waals surface area contributed by atoms with Gasteiger partial charge in [-0.2, -0.15) is 13.2 Å². The Bertz CT molecular complexity index is 896. The van der Waals surface area contributed by atoms with Gasteiger partial charge in [-0.05, 0) is 41.6 Å². The standard InChI is InChI=1S/C14H9F4IN4O/c1-7(14(16,17)18)24-13-9(15)2-8(4-20-13)10-3-11-12(19)22-6-23(11)5-21-10/h2-7H,1H3. The van der Waals surface area contributed by atoms with Gasteiger partial charge in [-0.1, -0.05) is 0 Å². The third-order valence-corrected chi connectivity index (χ3v) is 4.06. The summed E-state index contributed by atoms with van der Waals surface area (Å²) in [6, 6.07) is 2.72. The minimum atomic E-state index is -4.60. The summed E-state index contributed by atoms with van der Waals surface area (Å²) >= 11 is 2.05. The zero-order chi connectivity index (χ0) is 17.5. The fourth-order valence-electron chi connectivity index (χ4n) is 1.91. The predicted molar refractivity (Wildman–Crippen MR) is 85.0 cm³/mol. The number of halogens is 5. The third kappa shape index (κ3) is 3.28. The van der Waals surface area contributed by atoms with E-state index in [-0.39, 0.29) is 0 Å². The average Bonchev–Trinajstić information content (AvgIpc) is 2.89.